The fourth-order valence-electron chi connectivity index (χ4n) is 2.64. The molecule has 0 aliphatic carbocycles. The van der Waals surface area contributed by atoms with Crippen LogP contribution in [0.2, 0.25) is 0 Å². The minimum absolute atomic E-state index is 0.0181. The van der Waals surface area contributed by atoms with Crippen molar-refractivity contribution in [2.75, 3.05) is 13.1 Å². The predicted molar refractivity (Wildman–Crippen MR) is 110 cm³/mol. The van der Waals surface area contributed by atoms with Gasteiger partial charge in [0.05, 0.1) is 22.5 Å². The lowest BCUT2D eigenvalue weighted by molar-refractivity contribution is -0.141. The number of carbonyl (C=O) groups is 2. The van der Waals surface area contributed by atoms with E-state index < -0.39 is 29.2 Å². The highest BCUT2D eigenvalue weighted by Crippen LogP contribution is 2.31. The largest absolute Gasteiger partial charge is 0.435 e. The molecule has 11 heteroatoms. The van der Waals surface area contributed by atoms with Crippen molar-refractivity contribution in [3.63, 3.8) is 0 Å². The average Bonchev–Trinajstić information content (AvgIpc) is 3.20. The Labute approximate surface area is 183 Å². The van der Waals surface area contributed by atoms with Gasteiger partial charge in [0.25, 0.3) is 11.8 Å². The number of para-hydroxylation sites is 1. The van der Waals surface area contributed by atoms with Crippen LogP contribution in [0.4, 0.5) is 13.2 Å². The number of benzene rings is 1. The smallest absolute Gasteiger partial charge is 0.350 e. The van der Waals surface area contributed by atoms with Crippen LogP contribution in [0.5, 0.6) is 0 Å². The standard InChI is InChI=1S/C20H17BrF3N5O2/c1-12-16(21)9-13(10-27-12)18(30)25-7-8-26-19(31)15-11-29(14-5-3-2-4-6-14)28-17(15)20(22,23)24/h2-6,9-11H,7-8H2,1H3,(H,25,30)(H,26,31). The molecule has 2 aromatic heterocycles. The van der Waals surface area contributed by atoms with Crippen molar-refractivity contribution in [2.24, 2.45) is 0 Å². The Morgan fingerprint density at radius 3 is 2.35 bits per heavy atom. The van der Waals surface area contributed by atoms with Gasteiger partial charge in [0.2, 0.25) is 0 Å². The molecule has 0 saturated carbocycles. The molecule has 2 N–H and O–H groups in total. The summed E-state index contributed by atoms with van der Waals surface area (Å²) in [6, 6.07) is 9.75. The van der Waals surface area contributed by atoms with Gasteiger partial charge < -0.3 is 10.6 Å². The molecule has 0 unspecified atom stereocenters. The lowest BCUT2D eigenvalue weighted by Gasteiger charge is -2.09. The summed E-state index contributed by atoms with van der Waals surface area (Å²) in [4.78, 5) is 28.5. The van der Waals surface area contributed by atoms with Crippen molar-refractivity contribution in [2.45, 2.75) is 13.1 Å². The minimum atomic E-state index is -4.80. The molecule has 3 aromatic rings. The summed E-state index contributed by atoms with van der Waals surface area (Å²) >= 11 is 3.28. The lowest BCUT2D eigenvalue weighted by atomic mass is 10.2. The number of rotatable bonds is 6. The van der Waals surface area contributed by atoms with Crippen LogP contribution in [0.15, 0.2) is 53.3 Å². The van der Waals surface area contributed by atoms with E-state index in [1.54, 1.807) is 43.3 Å². The number of hydrogen-bond donors (Lipinski definition) is 2. The Morgan fingerprint density at radius 2 is 1.74 bits per heavy atom. The number of carbonyl (C=O) groups excluding carboxylic acids is 2. The van der Waals surface area contributed by atoms with E-state index in [9.17, 15) is 22.8 Å². The van der Waals surface area contributed by atoms with Gasteiger partial charge in [-0.25, -0.2) is 4.68 Å². The number of nitrogens with one attached hydrogen (secondary N) is 2. The molecule has 7 nitrogen and oxygen atoms in total. The first-order chi connectivity index (χ1) is 14.7. The van der Waals surface area contributed by atoms with Crippen LogP contribution in [-0.4, -0.2) is 39.7 Å². The first-order valence-electron chi connectivity index (χ1n) is 9.07. The van der Waals surface area contributed by atoms with E-state index in [1.165, 1.54) is 6.20 Å². The zero-order valence-corrected chi connectivity index (χ0v) is 17.8. The summed E-state index contributed by atoms with van der Waals surface area (Å²) in [5, 5.41) is 8.48. The van der Waals surface area contributed by atoms with Crippen LogP contribution >= 0.6 is 15.9 Å². The van der Waals surface area contributed by atoms with Crippen LogP contribution in [-0.2, 0) is 6.18 Å². The van der Waals surface area contributed by atoms with Gasteiger partial charge in [-0.05, 0) is 41.1 Å². The molecule has 31 heavy (non-hydrogen) atoms. The molecule has 2 heterocycles. The summed E-state index contributed by atoms with van der Waals surface area (Å²) in [5.74, 6) is -1.36. The van der Waals surface area contributed by atoms with Gasteiger partial charge in [-0.15, -0.1) is 0 Å². The maximum Gasteiger partial charge on any atom is 0.435 e. The second-order valence-corrected chi connectivity index (χ2v) is 7.33. The van der Waals surface area contributed by atoms with Crippen LogP contribution < -0.4 is 10.6 Å². The van der Waals surface area contributed by atoms with Gasteiger partial charge in [-0.3, -0.25) is 14.6 Å². The normalized spacial score (nSPS) is 11.3. The molecule has 0 aliphatic rings. The van der Waals surface area contributed by atoms with E-state index in [1.807, 2.05) is 0 Å². The van der Waals surface area contributed by atoms with Crippen molar-refractivity contribution in [3.8, 4) is 5.69 Å². The van der Waals surface area contributed by atoms with E-state index in [2.05, 4.69) is 36.6 Å². The molecular formula is C20H17BrF3N5O2. The molecule has 1 aromatic carbocycles. The zero-order valence-electron chi connectivity index (χ0n) is 16.2. The maximum absolute atomic E-state index is 13.4. The van der Waals surface area contributed by atoms with E-state index >= 15 is 0 Å². The first kappa shape index (κ1) is 22.5. The molecule has 2 amide bonds. The quantitative estimate of drug-likeness (QED) is 0.512. The molecule has 0 saturated heterocycles. The van der Waals surface area contributed by atoms with E-state index in [0.29, 0.717) is 15.7 Å². The van der Waals surface area contributed by atoms with Crippen LogP contribution in [0.3, 0.4) is 0 Å². The van der Waals surface area contributed by atoms with Gasteiger partial charge in [-0.2, -0.15) is 18.3 Å². The third-order valence-electron chi connectivity index (χ3n) is 4.23. The number of halogens is 4. The second kappa shape index (κ2) is 9.29. The average molecular weight is 496 g/mol. The molecule has 0 radical (unpaired) electrons. The molecule has 0 fully saturated rings. The summed E-state index contributed by atoms with van der Waals surface area (Å²) in [6.45, 7) is 1.72. The number of nitrogens with zero attached hydrogens (tertiary/aromatic N) is 3. The molecular weight excluding hydrogens is 479 g/mol. The number of aromatic nitrogens is 3. The third-order valence-corrected chi connectivity index (χ3v) is 5.03. The molecule has 3 rings (SSSR count). The number of alkyl halides is 3. The number of aryl methyl sites for hydroxylation is 1. The summed E-state index contributed by atoms with van der Waals surface area (Å²) in [7, 11) is 0. The SMILES string of the molecule is Cc1ncc(C(=O)NCCNC(=O)c2cn(-c3ccccc3)nc2C(F)(F)F)cc1Br. The van der Waals surface area contributed by atoms with Gasteiger partial charge in [0.15, 0.2) is 5.69 Å². The predicted octanol–water partition coefficient (Wildman–Crippen LogP) is 3.52. The van der Waals surface area contributed by atoms with Gasteiger partial charge in [-0.1, -0.05) is 18.2 Å². The Hall–Kier alpha value is -3.21. The van der Waals surface area contributed by atoms with Crippen molar-refractivity contribution >= 4 is 27.7 Å². The van der Waals surface area contributed by atoms with Crippen molar-refractivity contribution in [1.82, 2.24) is 25.4 Å². The Kier molecular flexibility index (Phi) is 6.74. The van der Waals surface area contributed by atoms with Gasteiger partial charge in [0.1, 0.15) is 0 Å². The van der Waals surface area contributed by atoms with Gasteiger partial charge in [0, 0.05) is 30.0 Å². The lowest BCUT2D eigenvalue weighted by Crippen LogP contribution is -2.35. The van der Waals surface area contributed by atoms with Gasteiger partial charge >= 0.3 is 6.18 Å². The van der Waals surface area contributed by atoms with Crippen molar-refractivity contribution in [3.05, 3.63) is 75.8 Å². The van der Waals surface area contributed by atoms with E-state index in [0.717, 1.165) is 16.6 Å². The molecule has 0 bridgehead atoms. The number of pyridine rings is 1. The molecule has 162 valence electrons. The fourth-order valence-corrected chi connectivity index (χ4v) is 2.99. The van der Waals surface area contributed by atoms with Crippen LogP contribution in [0, 0.1) is 6.92 Å². The fraction of sp³-hybridized carbons (Fsp3) is 0.200. The monoisotopic (exact) mass is 495 g/mol. The number of amides is 2. The zero-order chi connectivity index (χ0) is 22.6. The second-order valence-electron chi connectivity index (χ2n) is 6.47. The van der Waals surface area contributed by atoms with Crippen molar-refractivity contribution in [1.29, 1.82) is 0 Å². The molecule has 0 spiro atoms. The Morgan fingerprint density at radius 1 is 1.10 bits per heavy atom. The topological polar surface area (TPSA) is 88.9 Å². The summed E-state index contributed by atoms with van der Waals surface area (Å²) in [6.07, 6.45) is -2.37. The van der Waals surface area contributed by atoms with E-state index in [4.69, 9.17) is 0 Å². The highest BCUT2D eigenvalue weighted by Gasteiger charge is 2.39. The van der Waals surface area contributed by atoms with E-state index in [-0.39, 0.29) is 13.1 Å². The Balaban J connectivity index is 1.64. The maximum atomic E-state index is 13.4. The van der Waals surface area contributed by atoms with Crippen LogP contribution in [0.25, 0.3) is 5.69 Å². The van der Waals surface area contributed by atoms with Crippen molar-refractivity contribution < 1.29 is 22.8 Å². The molecule has 0 aliphatic heterocycles. The highest BCUT2D eigenvalue weighted by molar-refractivity contribution is 9.10. The number of hydrogen-bond acceptors (Lipinski definition) is 4. The highest BCUT2D eigenvalue weighted by atomic mass is 79.9. The summed E-state index contributed by atoms with van der Waals surface area (Å²) in [5.41, 5.74) is -0.465. The Bertz CT molecular complexity index is 1100. The molecule has 0 atom stereocenters. The first-order valence-corrected chi connectivity index (χ1v) is 9.87. The van der Waals surface area contributed by atoms with Crippen LogP contribution in [0.1, 0.15) is 32.1 Å². The summed E-state index contributed by atoms with van der Waals surface area (Å²) < 4.78 is 41.7. The minimum Gasteiger partial charge on any atom is -0.350 e. The third kappa shape index (κ3) is 5.48.